The second-order valence-corrected chi connectivity index (χ2v) is 5.49. The van der Waals surface area contributed by atoms with Gasteiger partial charge in [0.25, 0.3) is 0 Å². The monoisotopic (exact) mass is 362 g/mol. The molecular weight excluding hydrogens is 347 g/mol. The van der Waals surface area contributed by atoms with Gasteiger partial charge in [-0.3, -0.25) is 0 Å². The van der Waals surface area contributed by atoms with Crippen LogP contribution in [0.4, 0.5) is 9.18 Å². The SMILES string of the molecule is O=C(N/C=C/c1ccccc1Br)NCCc1ccc(F)cc1. The molecule has 2 N–H and O–H groups in total. The summed E-state index contributed by atoms with van der Waals surface area (Å²) in [4.78, 5) is 11.6. The Morgan fingerprint density at radius 2 is 1.86 bits per heavy atom. The number of benzene rings is 2. The maximum Gasteiger partial charge on any atom is 0.318 e. The zero-order valence-corrected chi connectivity index (χ0v) is 13.4. The third kappa shape index (κ3) is 5.33. The van der Waals surface area contributed by atoms with E-state index < -0.39 is 0 Å². The van der Waals surface area contributed by atoms with Crippen molar-refractivity contribution in [1.82, 2.24) is 10.6 Å². The maximum atomic E-state index is 12.8. The molecule has 0 bridgehead atoms. The molecule has 0 saturated heterocycles. The topological polar surface area (TPSA) is 41.1 Å². The molecule has 3 nitrogen and oxygen atoms in total. The van der Waals surface area contributed by atoms with Crippen molar-refractivity contribution in [3.63, 3.8) is 0 Å². The summed E-state index contributed by atoms with van der Waals surface area (Å²) in [7, 11) is 0. The molecule has 0 atom stereocenters. The van der Waals surface area contributed by atoms with Crippen molar-refractivity contribution < 1.29 is 9.18 Å². The van der Waals surface area contributed by atoms with Crippen LogP contribution in [-0.2, 0) is 6.42 Å². The highest BCUT2D eigenvalue weighted by atomic mass is 79.9. The number of rotatable bonds is 5. The largest absolute Gasteiger partial charge is 0.338 e. The van der Waals surface area contributed by atoms with Gasteiger partial charge in [-0.05, 0) is 41.8 Å². The number of hydrogen-bond acceptors (Lipinski definition) is 1. The van der Waals surface area contributed by atoms with E-state index in [1.54, 1.807) is 18.3 Å². The minimum atomic E-state index is -0.273. The van der Waals surface area contributed by atoms with Crippen LogP contribution in [-0.4, -0.2) is 12.6 Å². The van der Waals surface area contributed by atoms with Gasteiger partial charge in [-0.25, -0.2) is 9.18 Å². The van der Waals surface area contributed by atoms with Gasteiger partial charge in [0.2, 0.25) is 0 Å². The molecule has 114 valence electrons. The predicted octanol–water partition coefficient (Wildman–Crippen LogP) is 4.10. The van der Waals surface area contributed by atoms with E-state index in [0.29, 0.717) is 13.0 Å². The molecule has 0 unspecified atom stereocenters. The number of urea groups is 1. The number of amides is 2. The molecule has 2 aromatic carbocycles. The molecule has 0 aromatic heterocycles. The van der Waals surface area contributed by atoms with Gasteiger partial charge in [0, 0.05) is 17.2 Å². The Hall–Kier alpha value is -2.14. The number of nitrogens with one attached hydrogen (secondary N) is 2. The second-order valence-electron chi connectivity index (χ2n) is 4.63. The van der Waals surface area contributed by atoms with Gasteiger partial charge in [-0.15, -0.1) is 0 Å². The van der Waals surface area contributed by atoms with Crippen LogP contribution in [0.2, 0.25) is 0 Å². The van der Waals surface area contributed by atoms with Crippen molar-refractivity contribution in [3.8, 4) is 0 Å². The minimum Gasteiger partial charge on any atom is -0.338 e. The summed E-state index contributed by atoms with van der Waals surface area (Å²) in [5, 5.41) is 5.38. The van der Waals surface area contributed by atoms with E-state index >= 15 is 0 Å². The average Bonchev–Trinajstić information content (AvgIpc) is 2.51. The smallest absolute Gasteiger partial charge is 0.318 e. The summed E-state index contributed by atoms with van der Waals surface area (Å²) in [6.07, 6.45) is 4.05. The lowest BCUT2D eigenvalue weighted by Gasteiger charge is -2.05. The zero-order valence-electron chi connectivity index (χ0n) is 11.9. The lowest BCUT2D eigenvalue weighted by atomic mass is 10.1. The number of carbonyl (C=O) groups excluding carboxylic acids is 1. The first-order valence-electron chi connectivity index (χ1n) is 6.85. The van der Waals surface area contributed by atoms with Gasteiger partial charge in [0.15, 0.2) is 0 Å². The summed E-state index contributed by atoms with van der Waals surface area (Å²) in [5.41, 5.74) is 1.96. The lowest BCUT2D eigenvalue weighted by Crippen LogP contribution is -2.33. The molecule has 2 rings (SSSR count). The van der Waals surface area contributed by atoms with E-state index in [-0.39, 0.29) is 11.8 Å². The van der Waals surface area contributed by atoms with Crippen LogP contribution in [0.1, 0.15) is 11.1 Å². The fourth-order valence-electron chi connectivity index (χ4n) is 1.84. The Morgan fingerprint density at radius 1 is 1.14 bits per heavy atom. The summed E-state index contributed by atoms with van der Waals surface area (Å²) in [5.74, 6) is -0.258. The summed E-state index contributed by atoms with van der Waals surface area (Å²) < 4.78 is 13.7. The van der Waals surface area contributed by atoms with Crippen LogP contribution in [0.15, 0.2) is 59.2 Å². The van der Waals surface area contributed by atoms with Crippen LogP contribution in [0.25, 0.3) is 6.08 Å². The van der Waals surface area contributed by atoms with Gasteiger partial charge in [-0.1, -0.05) is 46.3 Å². The highest BCUT2D eigenvalue weighted by Crippen LogP contribution is 2.16. The van der Waals surface area contributed by atoms with E-state index in [9.17, 15) is 9.18 Å². The molecule has 0 aliphatic rings. The first-order chi connectivity index (χ1) is 10.6. The van der Waals surface area contributed by atoms with Gasteiger partial charge < -0.3 is 10.6 Å². The number of carbonyl (C=O) groups is 1. The van der Waals surface area contributed by atoms with Gasteiger partial charge in [0.1, 0.15) is 5.82 Å². The molecule has 5 heteroatoms. The molecule has 2 aromatic rings. The Bertz CT molecular complexity index is 656. The zero-order chi connectivity index (χ0) is 15.8. The first kappa shape index (κ1) is 16.2. The van der Waals surface area contributed by atoms with E-state index in [1.807, 2.05) is 30.3 Å². The third-order valence-electron chi connectivity index (χ3n) is 3.00. The standard InChI is InChI=1S/C17H16BrFN2O/c18-16-4-2-1-3-14(16)10-12-21-17(22)20-11-9-13-5-7-15(19)8-6-13/h1-8,10,12H,9,11H2,(H2,20,21,22)/b12-10+. The van der Waals surface area contributed by atoms with Crippen LogP contribution < -0.4 is 10.6 Å². The molecule has 22 heavy (non-hydrogen) atoms. The van der Waals surface area contributed by atoms with Gasteiger partial charge in [-0.2, -0.15) is 0 Å². The molecule has 0 radical (unpaired) electrons. The first-order valence-corrected chi connectivity index (χ1v) is 7.64. The van der Waals surface area contributed by atoms with Crippen LogP contribution in [0.3, 0.4) is 0 Å². The van der Waals surface area contributed by atoms with Crippen molar-refractivity contribution in [2.45, 2.75) is 6.42 Å². The van der Waals surface area contributed by atoms with Gasteiger partial charge in [0.05, 0.1) is 0 Å². The molecular formula is C17H16BrFN2O. The van der Waals surface area contributed by atoms with Crippen molar-refractivity contribution in [1.29, 1.82) is 0 Å². The molecule has 0 saturated carbocycles. The Morgan fingerprint density at radius 3 is 2.59 bits per heavy atom. The van der Waals surface area contributed by atoms with Crippen molar-refractivity contribution >= 4 is 28.0 Å². The molecule has 0 fully saturated rings. The minimum absolute atomic E-state index is 0.258. The van der Waals surface area contributed by atoms with Crippen LogP contribution >= 0.6 is 15.9 Å². The summed E-state index contributed by atoms with van der Waals surface area (Å²) in [6.45, 7) is 0.486. The fourth-order valence-corrected chi connectivity index (χ4v) is 2.26. The lowest BCUT2D eigenvalue weighted by molar-refractivity contribution is 0.244. The molecule has 0 aliphatic heterocycles. The van der Waals surface area contributed by atoms with Crippen LogP contribution in [0, 0.1) is 5.82 Å². The van der Waals surface area contributed by atoms with E-state index in [1.165, 1.54) is 12.1 Å². The summed E-state index contributed by atoms with van der Waals surface area (Å²) >= 11 is 3.43. The molecule has 0 spiro atoms. The number of halogens is 2. The van der Waals surface area contributed by atoms with Gasteiger partial charge >= 0.3 is 6.03 Å². The molecule has 0 aliphatic carbocycles. The Balaban J connectivity index is 1.72. The second kappa shape index (κ2) is 8.34. The maximum absolute atomic E-state index is 12.8. The van der Waals surface area contributed by atoms with E-state index in [0.717, 1.165) is 15.6 Å². The molecule has 2 amide bonds. The predicted molar refractivity (Wildman–Crippen MR) is 89.8 cm³/mol. The quantitative estimate of drug-likeness (QED) is 0.825. The van der Waals surface area contributed by atoms with Crippen molar-refractivity contribution in [3.05, 3.63) is 76.1 Å². The molecule has 0 heterocycles. The Kier molecular flexibility index (Phi) is 6.15. The normalized spacial score (nSPS) is 10.6. The Labute approximate surface area is 137 Å². The van der Waals surface area contributed by atoms with Crippen LogP contribution in [0.5, 0.6) is 0 Å². The highest BCUT2D eigenvalue weighted by Gasteiger charge is 1.98. The van der Waals surface area contributed by atoms with E-state index in [4.69, 9.17) is 0 Å². The highest BCUT2D eigenvalue weighted by molar-refractivity contribution is 9.10. The van der Waals surface area contributed by atoms with Crippen molar-refractivity contribution in [2.75, 3.05) is 6.54 Å². The van der Waals surface area contributed by atoms with Crippen molar-refractivity contribution in [2.24, 2.45) is 0 Å². The number of hydrogen-bond donors (Lipinski definition) is 2. The average molecular weight is 363 g/mol. The fraction of sp³-hybridized carbons (Fsp3) is 0.118. The summed E-state index contributed by atoms with van der Waals surface area (Å²) in [6, 6.07) is 13.7. The van der Waals surface area contributed by atoms with E-state index in [2.05, 4.69) is 26.6 Å². The third-order valence-corrected chi connectivity index (χ3v) is 3.72.